The molecule has 0 bridgehead atoms. The van der Waals surface area contributed by atoms with E-state index in [9.17, 15) is 9.59 Å². The van der Waals surface area contributed by atoms with Crippen molar-refractivity contribution in [3.05, 3.63) is 28.2 Å². The highest BCUT2D eigenvalue weighted by atomic mass is 79.9. The molecule has 1 aromatic carbocycles. The maximum atomic E-state index is 13.2. The van der Waals surface area contributed by atoms with Gasteiger partial charge in [-0.3, -0.25) is 4.90 Å². The monoisotopic (exact) mass is 538 g/mol. The molecule has 1 aromatic rings. The highest BCUT2D eigenvalue weighted by Gasteiger charge is 2.38. The average molecular weight is 540 g/mol. The van der Waals surface area contributed by atoms with Crippen LogP contribution >= 0.6 is 15.9 Å². The van der Waals surface area contributed by atoms with Crippen molar-refractivity contribution in [3.63, 3.8) is 0 Å². The molecule has 190 valence electrons. The van der Waals surface area contributed by atoms with Crippen LogP contribution in [0.15, 0.2) is 22.7 Å². The van der Waals surface area contributed by atoms with Gasteiger partial charge >= 0.3 is 12.2 Å². The Morgan fingerprint density at radius 3 is 2.06 bits per heavy atom. The quantitative estimate of drug-likeness (QED) is 0.542. The van der Waals surface area contributed by atoms with Gasteiger partial charge in [-0.05, 0) is 72.4 Å². The summed E-state index contributed by atoms with van der Waals surface area (Å²) >= 11 is 3.70. The van der Waals surface area contributed by atoms with E-state index in [0.29, 0.717) is 19.6 Å². The van der Waals surface area contributed by atoms with Crippen molar-refractivity contribution in [1.29, 1.82) is 0 Å². The number of piperazine rings is 2. The first-order valence-electron chi connectivity index (χ1n) is 11.9. The first kappa shape index (κ1) is 26.6. The molecule has 0 aliphatic carbocycles. The molecule has 2 aliphatic heterocycles. The van der Waals surface area contributed by atoms with E-state index < -0.39 is 11.2 Å². The number of nitrogens with zero attached hydrogens (tertiary/aromatic N) is 4. The number of hydrogen-bond acceptors (Lipinski definition) is 6. The molecule has 0 saturated carbocycles. The summed E-state index contributed by atoms with van der Waals surface area (Å²) in [6, 6.07) is 5.90. The molecule has 9 heteroatoms. The molecular formula is C25H39BrN4O4. The van der Waals surface area contributed by atoms with Crippen molar-refractivity contribution in [2.75, 3.05) is 57.8 Å². The fraction of sp³-hybridized carbons (Fsp3) is 0.680. The predicted octanol–water partition coefficient (Wildman–Crippen LogP) is 4.73. The fourth-order valence-electron chi connectivity index (χ4n) is 4.13. The number of anilines is 1. The van der Waals surface area contributed by atoms with Crippen molar-refractivity contribution in [2.45, 2.75) is 58.8 Å². The minimum absolute atomic E-state index is 0.332. The van der Waals surface area contributed by atoms with Crippen molar-refractivity contribution in [3.8, 4) is 0 Å². The highest BCUT2D eigenvalue weighted by molar-refractivity contribution is 9.10. The summed E-state index contributed by atoms with van der Waals surface area (Å²) < 4.78 is 12.2. The number of carbonyl (C=O) groups excluding carboxylic acids is 2. The number of carbonyl (C=O) groups is 2. The zero-order chi connectivity index (χ0) is 25.3. The van der Waals surface area contributed by atoms with Gasteiger partial charge in [0.25, 0.3) is 0 Å². The van der Waals surface area contributed by atoms with E-state index >= 15 is 0 Å². The Kier molecular flexibility index (Phi) is 8.07. The number of amides is 2. The smallest absolute Gasteiger partial charge is 0.410 e. The second kappa shape index (κ2) is 10.3. The van der Waals surface area contributed by atoms with Crippen LogP contribution in [0, 0.1) is 0 Å². The summed E-state index contributed by atoms with van der Waals surface area (Å²) in [4.78, 5) is 34.2. The van der Waals surface area contributed by atoms with Gasteiger partial charge in [-0.1, -0.05) is 15.9 Å². The van der Waals surface area contributed by atoms with Crippen LogP contribution in [-0.4, -0.2) is 90.9 Å². The second-order valence-corrected chi connectivity index (χ2v) is 12.0. The zero-order valence-corrected chi connectivity index (χ0v) is 23.1. The van der Waals surface area contributed by atoms with Gasteiger partial charge in [-0.15, -0.1) is 0 Å². The molecule has 0 N–H and O–H groups in total. The number of benzene rings is 1. The number of hydrogen-bond donors (Lipinski definition) is 0. The Labute approximate surface area is 212 Å². The lowest BCUT2D eigenvalue weighted by atomic mass is 10.0. The molecule has 0 aromatic heterocycles. The number of likely N-dealkylation sites (N-methyl/N-ethyl adjacent to an activating group) is 1. The maximum Gasteiger partial charge on any atom is 0.410 e. The summed E-state index contributed by atoms with van der Waals surface area (Å²) in [5, 5.41) is 0. The van der Waals surface area contributed by atoms with Crippen LogP contribution in [0.4, 0.5) is 15.3 Å². The Hall–Kier alpha value is -2.00. The van der Waals surface area contributed by atoms with Gasteiger partial charge in [-0.2, -0.15) is 0 Å². The summed E-state index contributed by atoms with van der Waals surface area (Å²) in [5.74, 6) is 0. The first-order valence-corrected chi connectivity index (χ1v) is 12.7. The van der Waals surface area contributed by atoms with Crippen LogP contribution in [0.3, 0.4) is 0 Å². The lowest BCUT2D eigenvalue weighted by molar-refractivity contribution is -0.0153. The zero-order valence-electron chi connectivity index (χ0n) is 21.6. The molecule has 34 heavy (non-hydrogen) atoms. The van der Waals surface area contributed by atoms with E-state index in [2.05, 4.69) is 44.9 Å². The first-order chi connectivity index (χ1) is 15.7. The van der Waals surface area contributed by atoms with Gasteiger partial charge in [0, 0.05) is 56.0 Å². The van der Waals surface area contributed by atoms with Gasteiger partial charge in [0.1, 0.15) is 11.2 Å². The van der Waals surface area contributed by atoms with Gasteiger partial charge in [0.15, 0.2) is 0 Å². The Balaban J connectivity index is 1.92. The van der Waals surface area contributed by atoms with Crippen LogP contribution < -0.4 is 4.90 Å². The summed E-state index contributed by atoms with van der Waals surface area (Å²) in [5.41, 5.74) is 0.875. The van der Waals surface area contributed by atoms with E-state index in [4.69, 9.17) is 9.47 Å². The van der Waals surface area contributed by atoms with Crippen molar-refractivity contribution in [2.24, 2.45) is 0 Å². The van der Waals surface area contributed by atoms with Crippen LogP contribution in [0.25, 0.3) is 0 Å². The van der Waals surface area contributed by atoms with Crippen LogP contribution in [0.5, 0.6) is 0 Å². The molecule has 8 nitrogen and oxygen atoms in total. The Bertz CT molecular complexity index is 888. The molecule has 3 rings (SSSR count). The third kappa shape index (κ3) is 7.01. The molecule has 2 amide bonds. The van der Waals surface area contributed by atoms with E-state index in [1.54, 1.807) is 9.80 Å². The van der Waals surface area contributed by atoms with Gasteiger partial charge in [-0.25, -0.2) is 9.59 Å². The lowest BCUT2D eigenvalue weighted by Crippen LogP contribution is -2.54. The molecule has 2 fully saturated rings. The molecular weight excluding hydrogens is 500 g/mol. The Morgan fingerprint density at radius 2 is 1.47 bits per heavy atom. The molecule has 2 heterocycles. The minimum Gasteiger partial charge on any atom is -0.444 e. The molecule has 2 saturated heterocycles. The molecule has 0 radical (unpaired) electrons. The standard InChI is InChI=1S/C25H39BrN4O4/c1-24(2,3)33-22(31)29-14-15-30(23(32)34-25(4,5)6)21(17-29)19-16-18(8-9-20(19)26)28-12-10-27(7)11-13-28/h8-9,16,21H,10-15,17H2,1-7H3. The number of rotatable bonds is 2. The normalized spacial score (nSPS) is 20.4. The average Bonchev–Trinajstić information content (AvgIpc) is 2.72. The maximum absolute atomic E-state index is 13.2. The molecule has 2 aliphatic rings. The van der Waals surface area contributed by atoms with Gasteiger partial charge in [0.2, 0.25) is 0 Å². The van der Waals surface area contributed by atoms with Crippen molar-refractivity contribution >= 4 is 33.8 Å². The summed E-state index contributed by atoms with van der Waals surface area (Å²) in [7, 11) is 2.14. The topological polar surface area (TPSA) is 65.6 Å². The second-order valence-electron chi connectivity index (χ2n) is 11.1. The van der Waals surface area contributed by atoms with E-state index in [0.717, 1.165) is 41.9 Å². The van der Waals surface area contributed by atoms with E-state index in [1.165, 1.54) is 0 Å². The predicted molar refractivity (Wildman–Crippen MR) is 137 cm³/mol. The molecule has 0 spiro atoms. The number of ether oxygens (including phenoxy) is 2. The van der Waals surface area contributed by atoms with Gasteiger partial charge < -0.3 is 24.2 Å². The van der Waals surface area contributed by atoms with Gasteiger partial charge in [0.05, 0.1) is 6.04 Å². The summed E-state index contributed by atoms with van der Waals surface area (Å²) in [6.07, 6.45) is -0.745. The van der Waals surface area contributed by atoms with Crippen molar-refractivity contribution in [1.82, 2.24) is 14.7 Å². The summed E-state index contributed by atoms with van der Waals surface area (Å²) in [6.45, 7) is 16.1. The molecule has 1 unspecified atom stereocenters. The third-order valence-corrected chi connectivity index (χ3v) is 6.59. The third-order valence-electron chi connectivity index (χ3n) is 5.87. The van der Waals surface area contributed by atoms with E-state index in [1.807, 2.05) is 47.6 Å². The minimum atomic E-state index is -0.608. The fourth-order valence-corrected chi connectivity index (χ4v) is 4.64. The van der Waals surface area contributed by atoms with Crippen LogP contribution in [0.2, 0.25) is 0 Å². The highest BCUT2D eigenvalue weighted by Crippen LogP contribution is 2.35. The SMILES string of the molecule is CN1CCN(c2ccc(Br)c(C3CN(C(=O)OC(C)(C)C)CCN3C(=O)OC(C)(C)C)c2)CC1. The molecule has 1 atom stereocenters. The Morgan fingerprint density at radius 1 is 0.882 bits per heavy atom. The lowest BCUT2D eigenvalue weighted by Gasteiger charge is -2.42. The van der Waals surface area contributed by atoms with Crippen LogP contribution in [0.1, 0.15) is 53.1 Å². The number of halogens is 1. The largest absolute Gasteiger partial charge is 0.444 e. The van der Waals surface area contributed by atoms with Crippen LogP contribution in [-0.2, 0) is 9.47 Å². The van der Waals surface area contributed by atoms with E-state index in [-0.39, 0.29) is 18.2 Å². The van der Waals surface area contributed by atoms with Crippen molar-refractivity contribution < 1.29 is 19.1 Å².